The molecule has 19 heavy (non-hydrogen) atoms. The van der Waals surface area contributed by atoms with Crippen molar-refractivity contribution in [1.82, 2.24) is 4.72 Å². The number of benzene rings is 1. The van der Waals surface area contributed by atoms with Crippen LogP contribution in [0, 0.1) is 0 Å². The van der Waals surface area contributed by atoms with E-state index < -0.39 is 10.0 Å². The van der Waals surface area contributed by atoms with E-state index in [0.717, 1.165) is 24.2 Å². The lowest BCUT2D eigenvalue weighted by Gasteiger charge is -2.12. The summed E-state index contributed by atoms with van der Waals surface area (Å²) < 4.78 is 27.1. The molecule has 1 atom stereocenters. The molecule has 0 aromatic heterocycles. The van der Waals surface area contributed by atoms with Crippen molar-refractivity contribution in [3.63, 3.8) is 0 Å². The van der Waals surface area contributed by atoms with Crippen LogP contribution in [0.5, 0.6) is 0 Å². The second-order valence-electron chi connectivity index (χ2n) is 4.46. The van der Waals surface area contributed by atoms with Crippen LogP contribution in [-0.2, 0) is 16.6 Å². The number of nitrogens with two attached hydrogens (primary N) is 1. The summed E-state index contributed by atoms with van der Waals surface area (Å²) in [6, 6.07) is 4.84. The molecule has 0 bridgehead atoms. The fourth-order valence-electron chi connectivity index (χ4n) is 1.97. The van der Waals surface area contributed by atoms with Gasteiger partial charge < -0.3 is 5.73 Å². The predicted octanol–water partition coefficient (Wildman–Crippen LogP) is 1.97. The van der Waals surface area contributed by atoms with E-state index in [4.69, 9.17) is 17.3 Å². The predicted molar refractivity (Wildman–Crippen MR) is 80.0 cm³/mol. The zero-order valence-corrected chi connectivity index (χ0v) is 12.8. The van der Waals surface area contributed by atoms with Gasteiger partial charge in [-0.25, -0.2) is 13.1 Å². The summed E-state index contributed by atoms with van der Waals surface area (Å²) in [6.07, 6.45) is 2.21. The molecule has 1 saturated heterocycles. The summed E-state index contributed by atoms with van der Waals surface area (Å²) in [4.78, 5) is 0.111. The first-order valence-electron chi connectivity index (χ1n) is 6.12. The van der Waals surface area contributed by atoms with Crippen LogP contribution < -0.4 is 10.5 Å². The topological polar surface area (TPSA) is 72.2 Å². The molecule has 0 aliphatic carbocycles. The van der Waals surface area contributed by atoms with E-state index in [1.54, 1.807) is 12.1 Å². The average molecular weight is 321 g/mol. The van der Waals surface area contributed by atoms with Crippen molar-refractivity contribution in [3.05, 3.63) is 28.8 Å². The first-order valence-corrected chi connectivity index (χ1v) is 9.03. The molecule has 1 fully saturated rings. The first-order chi connectivity index (χ1) is 9.03. The Morgan fingerprint density at radius 1 is 1.47 bits per heavy atom. The average Bonchev–Trinajstić information content (AvgIpc) is 2.90. The van der Waals surface area contributed by atoms with Crippen LogP contribution in [0.4, 0.5) is 0 Å². The Bertz CT molecular complexity index is 543. The summed E-state index contributed by atoms with van der Waals surface area (Å²) >= 11 is 7.78. The largest absolute Gasteiger partial charge is 0.326 e. The Morgan fingerprint density at radius 3 is 2.89 bits per heavy atom. The van der Waals surface area contributed by atoms with Crippen molar-refractivity contribution in [2.75, 3.05) is 12.3 Å². The van der Waals surface area contributed by atoms with Gasteiger partial charge in [0, 0.05) is 18.3 Å². The molecular weight excluding hydrogens is 304 g/mol. The second kappa shape index (κ2) is 6.45. The van der Waals surface area contributed by atoms with Crippen LogP contribution in [0.3, 0.4) is 0 Å². The van der Waals surface area contributed by atoms with Crippen LogP contribution in [0.15, 0.2) is 23.1 Å². The molecule has 1 heterocycles. The summed E-state index contributed by atoms with van der Waals surface area (Å²) in [6.45, 7) is 0.744. The van der Waals surface area contributed by atoms with Gasteiger partial charge in [-0.05, 0) is 36.3 Å². The standard InChI is InChI=1S/C12H17ClN2O2S2/c13-11-4-3-9(7-14)6-12(11)19(16,17)15-8-10-2-1-5-18-10/h3-4,6,10,15H,1-2,5,7-8,14H2. The van der Waals surface area contributed by atoms with Crippen molar-refractivity contribution < 1.29 is 8.42 Å². The molecule has 1 aromatic rings. The van der Waals surface area contributed by atoms with Crippen molar-refractivity contribution >= 4 is 33.4 Å². The Hall–Kier alpha value is -0.270. The van der Waals surface area contributed by atoms with E-state index in [1.807, 2.05) is 11.8 Å². The number of hydrogen-bond donors (Lipinski definition) is 2. The van der Waals surface area contributed by atoms with Gasteiger partial charge in [-0.1, -0.05) is 17.7 Å². The maximum absolute atomic E-state index is 12.2. The fraction of sp³-hybridized carbons (Fsp3) is 0.500. The summed E-state index contributed by atoms with van der Waals surface area (Å²) in [5.74, 6) is 1.11. The maximum Gasteiger partial charge on any atom is 0.242 e. The monoisotopic (exact) mass is 320 g/mol. The molecule has 4 nitrogen and oxygen atoms in total. The Morgan fingerprint density at radius 2 is 2.26 bits per heavy atom. The highest BCUT2D eigenvalue weighted by molar-refractivity contribution is 8.00. The first kappa shape index (κ1) is 15.1. The highest BCUT2D eigenvalue weighted by Gasteiger charge is 2.22. The van der Waals surface area contributed by atoms with Gasteiger partial charge >= 0.3 is 0 Å². The number of nitrogens with one attached hydrogen (secondary N) is 1. The molecule has 1 aliphatic heterocycles. The highest BCUT2D eigenvalue weighted by Crippen LogP contribution is 2.27. The molecular formula is C12H17ClN2O2S2. The third-order valence-electron chi connectivity index (χ3n) is 3.05. The number of sulfonamides is 1. The summed E-state index contributed by atoms with van der Waals surface area (Å²) in [7, 11) is -3.56. The quantitative estimate of drug-likeness (QED) is 0.870. The van der Waals surface area contributed by atoms with E-state index in [9.17, 15) is 8.42 Å². The molecule has 1 aromatic carbocycles. The highest BCUT2D eigenvalue weighted by atomic mass is 35.5. The molecule has 2 rings (SSSR count). The molecule has 7 heteroatoms. The van der Waals surface area contributed by atoms with Gasteiger partial charge in [0.05, 0.1) is 5.02 Å². The van der Waals surface area contributed by atoms with Gasteiger partial charge in [-0.3, -0.25) is 0 Å². The molecule has 0 saturated carbocycles. The van der Waals surface area contributed by atoms with E-state index >= 15 is 0 Å². The van der Waals surface area contributed by atoms with Crippen LogP contribution >= 0.6 is 23.4 Å². The van der Waals surface area contributed by atoms with Gasteiger partial charge in [-0.15, -0.1) is 0 Å². The van der Waals surface area contributed by atoms with E-state index in [-0.39, 0.29) is 16.5 Å². The zero-order valence-electron chi connectivity index (χ0n) is 10.4. The Kier molecular flexibility index (Phi) is 5.14. The number of rotatable bonds is 5. The SMILES string of the molecule is NCc1ccc(Cl)c(S(=O)(=O)NCC2CCCS2)c1. The molecule has 0 amide bonds. The fourth-order valence-corrected chi connectivity index (χ4v) is 4.90. The number of halogens is 1. The van der Waals surface area contributed by atoms with Crippen molar-refractivity contribution in [2.24, 2.45) is 5.73 Å². The normalized spacial score (nSPS) is 19.8. The van der Waals surface area contributed by atoms with Crippen LogP contribution in [0.2, 0.25) is 5.02 Å². The van der Waals surface area contributed by atoms with Crippen molar-refractivity contribution in [1.29, 1.82) is 0 Å². The molecule has 1 unspecified atom stereocenters. The lowest BCUT2D eigenvalue weighted by molar-refractivity contribution is 0.579. The molecule has 0 radical (unpaired) electrons. The van der Waals surface area contributed by atoms with Gasteiger partial charge in [0.15, 0.2) is 0 Å². The van der Waals surface area contributed by atoms with Crippen LogP contribution in [0.1, 0.15) is 18.4 Å². The molecule has 1 aliphatic rings. The third-order valence-corrected chi connectivity index (χ3v) is 6.35. The van der Waals surface area contributed by atoms with E-state index in [1.165, 1.54) is 6.07 Å². The Labute approximate surface area is 123 Å². The van der Waals surface area contributed by atoms with Gasteiger partial charge in [0.25, 0.3) is 0 Å². The van der Waals surface area contributed by atoms with Crippen molar-refractivity contribution in [3.8, 4) is 0 Å². The Balaban J connectivity index is 2.13. The molecule has 3 N–H and O–H groups in total. The second-order valence-corrected chi connectivity index (χ2v) is 8.01. The molecule has 106 valence electrons. The number of hydrogen-bond acceptors (Lipinski definition) is 4. The summed E-state index contributed by atoms with van der Waals surface area (Å²) in [5.41, 5.74) is 6.27. The maximum atomic E-state index is 12.2. The zero-order chi connectivity index (χ0) is 13.9. The minimum atomic E-state index is -3.56. The minimum Gasteiger partial charge on any atom is -0.326 e. The van der Waals surface area contributed by atoms with Gasteiger partial charge in [-0.2, -0.15) is 11.8 Å². The third kappa shape index (κ3) is 3.86. The molecule has 0 spiro atoms. The van der Waals surface area contributed by atoms with Crippen molar-refractivity contribution in [2.45, 2.75) is 29.5 Å². The van der Waals surface area contributed by atoms with E-state index in [2.05, 4.69) is 4.72 Å². The van der Waals surface area contributed by atoms with Crippen LogP contribution in [-0.4, -0.2) is 26.0 Å². The van der Waals surface area contributed by atoms with E-state index in [0.29, 0.717) is 11.8 Å². The summed E-state index contributed by atoms with van der Waals surface area (Å²) in [5, 5.41) is 0.593. The van der Waals surface area contributed by atoms with Crippen LogP contribution in [0.25, 0.3) is 0 Å². The smallest absolute Gasteiger partial charge is 0.242 e. The lowest BCUT2D eigenvalue weighted by atomic mass is 10.2. The number of thioether (sulfide) groups is 1. The van der Waals surface area contributed by atoms with Gasteiger partial charge in [0.1, 0.15) is 4.90 Å². The lowest BCUT2D eigenvalue weighted by Crippen LogP contribution is -2.30. The van der Waals surface area contributed by atoms with Gasteiger partial charge in [0.2, 0.25) is 10.0 Å². The minimum absolute atomic E-state index is 0.111.